The van der Waals surface area contributed by atoms with Gasteiger partial charge in [0.1, 0.15) is 0 Å². The summed E-state index contributed by atoms with van der Waals surface area (Å²) in [6.07, 6.45) is 32.6. The van der Waals surface area contributed by atoms with E-state index in [0.29, 0.717) is 18.2 Å². The third kappa shape index (κ3) is 6.73. The van der Waals surface area contributed by atoms with E-state index >= 15 is 0 Å². The first kappa shape index (κ1) is 35.9. The SMILES string of the molecule is C=C1CNC(C2CNC3C(C2)C2CCCCC2N3C2CCCC(N3C4CCC(C5CCCC(C6CCCC(C)C6)C5)CC4C4CCNCC43)C2)NC1. The van der Waals surface area contributed by atoms with Crippen molar-refractivity contribution in [2.24, 2.45) is 59.2 Å². The van der Waals surface area contributed by atoms with Crippen LogP contribution in [0.1, 0.15) is 142 Å². The molecule has 0 spiro atoms. The molecule has 5 saturated carbocycles. The lowest BCUT2D eigenvalue weighted by molar-refractivity contribution is -0.00277. The van der Waals surface area contributed by atoms with Crippen LogP contribution in [0.5, 0.6) is 0 Å². The van der Waals surface area contributed by atoms with Crippen molar-refractivity contribution in [1.82, 2.24) is 31.1 Å². The molecule has 5 saturated heterocycles. The van der Waals surface area contributed by atoms with Gasteiger partial charge in [-0.2, -0.15) is 0 Å². The maximum absolute atomic E-state index is 4.28. The van der Waals surface area contributed by atoms with Crippen LogP contribution in [0.15, 0.2) is 12.2 Å². The number of piperidine rings is 2. The summed E-state index contributed by atoms with van der Waals surface area (Å²) in [7, 11) is 0. The zero-order valence-electron chi connectivity index (χ0n) is 33.3. The Labute approximate surface area is 318 Å². The number of rotatable bonds is 5. The standard InChI is InChI=1S/C46H78N6/c1-29-8-5-9-31(20-29)32-10-6-11-33(21-32)34-16-17-43-40(22-34)39-18-19-47-28-44(39)51(43)36-12-7-13-37(24-36)52-42-15-4-3-14-38(42)41-23-35(27-50-46(41)52)45-48-25-30(2)26-49-45/h29,31-50H,2-28H2,1H3. The van der Waals surface area contributed by atoms with Crippen LogP contribution in [-0.2, 0) is 0 Å². The molecule has 6 heteroatoms. The smallest absolute Gasteiger partial charge is 0.0634 e. The minimum absolute atomic E-state index is 0.449. The van der Waals surface area contributed by atoms with Gasteiger partial charge in [0.25, 0.3) is 0 Å². The topological polar surface area (TPSA) is 54.6 Å². The Bertz CT molecular complexity index is 1230. The monoisotopic (exact) mass is 715 g/mol. The molecule has 0 aromatic rings. The van der Waals surface area contributed by atoms with E-state index in [0.717, 1.165) is 96.6 Å². The summed E-state index contributed by atoms with van der Waals surface area (Å²) < 4.78 is 0. The molecule has 5 aliphatic heterocycles. The molecule has 0 aromatic carbocycles. The van der Waals surface area contributed by atoms with Gasteiger partial charge >= 0.3 is 0 Å². The molecule has 16 unspecified atom stereocenters. The van der Waals surface area contributed by atoms with Crippen LogP contribution >= 0.6 is 0 Å². The molecule has 4 N–H and O–H groups in total. The van der Waals surface area contributed by atoms with Crippen LogP contribution in [0, 0.1) is 59.2 Å². The molecular weight excluding hydrogens is 637 g/mol. The first-order valence-electron chi connectivity index (χ1n) is 23.7. The summed E-state index contributed by atoms with van der Waals surface area (Å²) in [5.41, 5.74) is 1.30. The van der Waals surface area contributed by atoms with Crippen LogP contribution in [-0.4, -0.2) is 85.1 Å². The first-order chi connectivity index (χ1) is 25.6. The van der Waals surface area contributed by atoms with E-state index in [4.69, 9.17) is 0 Å². The van der Waals surface area contributed by atoms with Gasteiger partial charge in [0, 0.05) is 62.3 Å². The van der Waals surface area contributed by atoms with Crippen LogP contribution in [0.3, 0.4) is 0 Å². The molecule has 292 valence electrons. The number of likely N-dealkylation sites (tertiary alicyclic amines) is 2. The molecule has 10 rings (SSSR count). The first-order valence-corrected chi connectivity index (χ1v) is 23.7. The molecule has 0 aromatic heterocycles. The fourth-order valence-electron chi connectivity index (χ4n) is 16.3. The zero-order chi connectivity index (χ0) is 34.8. The van der Waals surface area contributed by atoms with Gasteiger partial charge in [0.15, 0.2) is 0 Å². The summed E-state index contributed by atoms with van der Waals surface area (Å²) in [5.74, 6) is 9.56. The van der Waals surface area contributed by atoms with Gasteiger partial charge in [-0.15, -0.1) is 0 Å². The molecule has 6 nitrogen and oxygen atoms in total. The molecule has 0 amide bonds. The average molecular weight is 715 g/mol. The second kappa shape index (κ2) is 15.4. The summed E-state index contributed by atoms with van der Waals surface area (Å²) in [5, 5.41) is 15.9. The fraction of sp³-hybridized carbons (Fsp3) is 0.957. The Morgan fingerprint density at radius 2 is 1.17 bits per heavy atom. The van der Waals surface area contributed by atoms with Crippen molar-refractivity contribution in [3.05, 3.63) is 12.2 Å². The highest BCUT2D eigenvalue weighted by atomic mass is 15.4. The maximum Gasteiger partial charge on any atom is 0.0634 e. The molecular formula is C46H78N6. The van der Waals surface area contributed by atoms with Gasteiger partial charge in [-0.1, -0.05) is 71.3 Å². The predicted octanol–water partition coefficient (Wildman–Crippen LogP) is 7.51. The lowest BCUT2D eigenvalue weighted by Gasteiger charge is -2.49. The van der Waals surface area contributed by atoms with Crippen molar-refractivity contribution in [3.63, 3.8) is 0 Å². The minimum atomic E-state index is 0.449. The Hall–Kier alpha value is -0.500. The highest BCUT2D eigenvalue weighted by Crippen LogP contribution is 2.55. The summed E-state index contributed by atoms with van der Waals surface area (Å²) in [6.45, 7) is 12.5. The van der Waals surface area contributed by atoms with E-state index in [9.17, 15) is 0 Å². The highest BCUT2D eigenvalue weighted by Gasteiger charge is 2.57. The molecule has 16 atom stereocenters. The van der Waals surface area contributed by atoms with Crippen molar-refractivity contribution in [2.75, 3.05) is 32.7 Å². The minimum Gasteiger partial charge on any atom is -0.315 e. The number of hydrogen-bond donors (Lipinski definition) is 4. The number of nitrogens with one attached hydrogen (secondary N) is 4. The van der Waals surface area contributed by atoms with E-state index in [1.54, 1.807) is 44.9 Å². The van der Waals surface area contributed by atoms with Crippen molar-refractivity contribution in [3.8, 4) is 0 Å². The quantitative estimate of drug-likeness (QED) is 0.222. The second-order valence-corrected chi connectivity index (χ2v) is 21.1. The molecule has 10 fully saturated rings. The molecule has 5 aliphatic carbocycles. The number of fused-ring (bicyclic) bond motifs is 6. The fourth-order valence-corrected chi connectivity index (χ4v) is 16.3. The van der Waals surface area contributed by atoms with Gasteiger partial charge in [-0.05, 0) is 142 Å². The van der Waals surface area contributed by atoms with Crippen molar-refractivity contribution >= 4 is 0 Å². The van der Waals surface area contributed by atoms with Crippen LogP contribution in [0.2, 0.25) is 0 Å². The van der Waals surface area contributed by atoms with Crippen molar-refractivity contribution in [2.45, 2.75) is 184 Å². The maximum atomic E-state index is 4.28. The van der Waals surface area contributed by atoms with Crippen LogP contribution < -0.4 is 21.3 Å². The molecule has 0 bridgehead atoms. The lowest BCUT2D eigenvalue weighted by atomic mass is 9.62. The third-order valence-electron chi connectivity index (χ3n) is 18.5. The Balaban J connectivity index is 0.828. The van der Waals surface area contributed by atoms with Gasteiger partial charge in [-0.25, -0.2) is 0 Å². The summed E-state index contributed by atoms with van der Waals surface area (Å²) >= 11 is 0. The van der Waals surface area contributed by atoms with Gasteiger partial charge in [-0.3, -0.25) is 20.4 Å². The molecule has 0 radical (unpaired) electrons. The normalized spacial score (nSPS) is 51.0. The van der Waals surface area contributed by atoms with Gasteiger partial charge in [0.05, 0.1) is 12.3 Å². The van der Waals surface area contributed by atoms with Crippen molar-refractivity contribution in [1.29, 1.82) is 0 Å². The predicted molar refractivity (Wildman–Crippen MR) is 214 cm³/mol. The second-order valence-electron chi connectivity index (χ2n) is 21.1. The Morgan fingerprint density at radius 1 is 0.500 bits per heavy atom. The number of nitrogens with zero attached hydrogens (tertiary/aromatic N) is 2. The number of hydrogen-bond acceptors (Lipinski definition) is 6. The molecule has 52 heavy (non-hydrogen) atoms. The van der Waals surface area contributed by atoms with Gasteiger partial charge in [0.2, 0.25) is 0 Å². The van der Waals surface area contributed by atoms with Crippen LogP contribution in [0.4, 0.5) is 0 Å². The Morgan fingerprint density at radius 3 is 2.00 bits per heavy atom. The molecule has 10 aliphatic rings. The van der Waals surface area contributed by atoms with E-state index in [2.05, 4.69) is 44.6 Å². The van der Waals surface area contributed by atoms with E-state index in [1.165, 1.54) is 115 Å². The summed E-state index contributed by atoms with van der Waals surface area (Å²) in [4.78, 5) is 6.47. The van der Waals surface area contributed by atoms with E-state index in [1.807, 2.05) is 0 Å². The highest BCUT2D eigenvalue weighted by molar-refractivity contribution is 5.12. The van der Waals surface area contributed by atoms with E-state index in [-0.39, 0.29) is 0 Å². The van der Waals surface area contributed by atoms with Crippen molar-refractivity contribution < 1.29 is 0 Å². The average Bonchev–Trinajstić information content (AvgIpc) is 3.70. The lowest BCUT2D eigenvalue weighted by Crippen LogP contribution is -2.62. The summed E-state index contributed by atoms with van der Waals surface area (Å²) in [6, 6.07) is 4.11. The van der Waals surface area contributed by atoms with E-state index < -0.39 is 0 Å². The van der Waals surface area contributed by atoms with Crippen LogP contribution in [0.25, 0.3) is 0 Å². The largest absolute Gasteiger partial charge is 0.315 e. The Kier molecular flexibility index (Phi) is 10.7. The third-order valence-corrected chi connectivity index (χ3v) is 18.5. The van der Waals surface area contributed by atoms with Gasteiger partial charge < -0.3 is 10.6 Å². The zero-order valence-corrected chi connectivity index (χ0v) is 33.3. The molecule has 5 heterocycles.